The Morgan fingerprint density at radius 2 is 1.04 bits per heavy atom. The van der Waals surface area contributed by atoms with Gasteiger partial charge in [0.25, 0.3) is 0 Å². The second-order valence-electron chi connectivity index (χ2n) is 26.7. The zero-order chi connectivity index (χ0) is 74.6. The molecule has 0 aliphatic carbocycles. The van der Waals surface area contributed by atoms with Crippen molar-refractivity contribution in [2.75, 3.05) is 20.8 Å². The molecule has 9 aromatic carbocycles. The number of carbonyl (C=O) groups is 4. The van der Waals surface area contributed by atoms with Gasteiger partial charge in [0.05, 0.1) is 66.7 Å². The van der Waals surface area contributed by atoms with E-state index < -0.39 is 5.97 Å². The van der Waals surface area contributed by atoms with Crippen LogP contribution in [0.25, 0.3) is 49.7 Å². The van der Waals surface area contributed by atoms with Crippen molar-refractivity contribution in [2.24, 2.45) is 0 Å². The maximum Gasteiger partial charge on any atom is 1.00 e. The number of H-pyrrole nitrogens is 4. The van der Waals surface area contributed by atoms with Crippen molar-refractivity contribution >= 4 is 94.8 Å². The van der Waals surface area contributed by atoms with Crippen LogP contribution < -0.4 is 45.7 Å². The van der Waals surface area contributed by atoms with E-state index in [0.717, 1.165) is 58.0 Å². The van der Waals surface area contributed by atoms with Crippen LogP contribution in [0.3, 0.4) is 0 Å². The number of benzene rings is 9. The van der Waals surface area contributed by atoms with E-state index >= 15 is 0 Å². The van der Waals surface area contributed by atoms with Crippen molar-refractivity contribution in [3.8, 4) is 18.2 Å². The van der Waals surface area contributed by atoms with E-state index in [1.165, 1.54) is 75.4 Å². The van der Waals surface area contributed by atoms with Gasteiger partial charge >= 0.3 is 48.6 Å². The topological polar surface area (TPSA) is 264 Å². The maximum absolute atomic E-state index is 12.0. The number of aromatic nitrogens is 4. The smallest absolute Gasteiger partial charge is 1.00 e. The minimum atomic E-state index is -0.433. The normalized spacial score (nSPS) is 15.0. The van der Waals surface area contributed by atoms with Gasteiger partial charge in [0.2, 0.25) is 5.91 Å². The average molecular weight is 1460 g/mol. The van der Waals surface area contributed by atoms with Crippen LogP contribution in [0.15, 0.2) is 249 Å². The first-order chi connectivity index (χ1) is 51.5. The van der Waals surface area contributed by atoms with Crippen LogP contribution in [0.5, 0.6) is 0 Å². The SMILES string of the molecule is C.CC1(C)OB(c2ccc3[nH]ccc3c2)OC1(C)C.COC(=O)/C=C/c1ccccc1C#N.COC(=O)CC(c1ccc2[nH]ccc2c1)c1ccccc1C#N.N#Cc1ccccc1C=O.O=C1CC(c2ccc3[nH]ccc3c2)c2ccccc2CN1.[B].[H-].[Na+].c1ccc2c(c1)CNCCC2c1ccc2[nH]ccc2c1. The third-order valence-corrected chi connectivity index (χ3v) is 19.6. The van der Waals surface area contributed by atoms with Gasteiger partial charge in [-0.2, -0.15) is 15.8 Å². The number of amides is 1. The molecule has 1 amide bonds. The van der Waals surface area contributed by atoms with Crippen molar-refractivity contribution < 1.29 is 68.9 Å². The number of rotatable bonds is 10. The molecule has 17 nitrogen and oxygen atoms in total. The first-order valence-electron chi connectivity index (χ1n) is 35.0. The fraction of sp³-hybridized carbons (Fsp3) is 0.202. The summed E-state index contributed by atoms with van der Waals surface area (Å²) >= 11 is 0. The molecular formula is C89H87B2N9NaO8. The molecule has 3 aliphatic rings. The van der Waals surface area contributed by atoms with Crippen LogP contribution in [0.1, 0.15) is 151 Å². The van der Waals surface area contributed by atoms with Crippen LogP contribution in [0.2, 0.25) is 0 Å². The first kappa shape index (κ1) is 83.1. The van der Waals surface area contributed by atoms with Gasteiger partial charge in [-0.1, -0.05) is 141 Å². The van der Waals surface area contributed by atoms with Crippen molar-refractivity contribution in [3.63, 3.8) is 0 Å². The van der Waals surface area contributed by atoms with E-state index in [1.807, 2.05) is 85.5 Å². The number of aldehydes is 1. The Hall–Kier alpha value is -11.6. The molecule has 0 saturated carbocycles. The zero-order valence-electron chi connectivity index (χ0n) is 62.6. The largest absolute Gasteiger partial charge is 1.00 e. The third-order valence-electron chi connectivity index (χ3n) is 19.6. The Balaban J connectivity index is 0.000000185. The molecule has 1 fully saturated rings. The van der Waals surface area contributed by atoms with E-state index in [0.29, 0.717) is 53.0 Å². The van der Waals surface area contributed by atoms with E-state index in [-0.39, 0.29) is 95.3 Å². The fourth-order valence-corrected chi connectivity index (χ4v) is 13.2. The number of fused-ring (bicyclic) bond motifs is 6. The Bertz CT molecular complexity index is 5420. The Labute approximate surface area is 662 Å². The number of nitriles is 3. The van der Waals surface area contributed by atoms with E-state index in [9.17, 15) is 24.4 Å². The predicted molar refractivity (Wildman–Crippen MR) is 430 cm³/mol. The molecule has 4 aromatic heterocycles. The summed E-state index contributed by atoms with van der Waals surface area (Å²) in [6.07, 6.45) is 13.2. The zero-order valence-corrected chi connectivity index (χ0v) is 63.6. The number of ether oxygens (including phenoxy) is 2. The summed E-state index contributed by atoms with van der Waals surface area (Å²) in [6.45, 7) is 11.0. The standard InChI is InChI=1S/C19H16N2O2.C18H16N2O.C18H18N2.C14H18BNO2.C11H9NO2.C8H5NO.CH4.B.Na.H/c1-23-19(22)11-17(16-5-3-2-4-15(16)12-20)13-6-7-18-14(10-13)8-9-21-18;21-18-10-16(15-4-2-1-3-14(15)11-20-18)12-5-6-17-13(9-12)7-8-19-17;1-2-4-16-15(3-1)12-19-9-8-17(16)13-5-6-18-14(11-13)7-10-20-18;1-13(2)14(3,4)18-15(17-13)11-5-6-12-10(9-11)7-8-16-12;1-14-11(13)7-6-9-4-2-3-5-10(9)8-12;9-5-7-3-1-2-4-8(7)6-10;;;;/h2-10,17,21H,11H2,1H3;1-9,16,19H,10-11H2,(H,20,21);1-7,10-11,17,19-20H,8-9,12H2;5-9,16H,1-4H3;2-7H,1H3;1-4,6H;1H4;;;/q;;;;;;;;+1;-1/b;;;;7-6+;;;;;. The molecule has 7 heterocycles. The number of hydrogen-bond acceptors (Lipinski definition) is 12. The van der Waals surface area contributed by atoms with Crippen molar-refractivity contribution in [2.45, 2.75) is 96.4 Å². The van der Waals surface area contributed by atoms with E-state index in [4.69, 9.17) is 24.6 Å². The predicted octanol–water partition coefficient (Wildman–Crippen LogP) is 13.8. The summed E-state index contributed by atoms with van der Waals surface area (Å²) < 4.78 is 21.4. The number of carbonyl (C=O) groups excluding carboxylic acids is 4. The van der Waals surface area contributed by atoms with Crippen molar-refractivity contribution in [1.82, 2.24) is 30.6 Å². The second kappa shape index (κ2) is 39.3. The third kappa shape index (κ3) is 20.8. The van der Waals surface area contributed by atoms with Crippen LogP contribution in [-0.4, -0.2) is 91.6 Å². The van der Waals surface area contributed by atoms with Gasteiger partial charge in [-0.05, 0) is 209 Å². The maximum atomic E-state index is 12.0. The van der Waals surface area contributed by atoms with Crippen LogP contribution >= 0.6 is 0 Å². The molecule has 13 aromatic rings. The molecule has 20 heteroatoms. The minimum Gasteiger partial charge on any atom is -1.00 e. The number of nitrogens with zero attached hydrogens (tertiary/aromatic N) is 3. The molecule has 6 N–H and O–H groups in total. The summed E-state index contributed by atoms with van der Waals surface area (Å²) in [7, 11) is 2.41. The number of nitrogens with one attached hydrogen (secondary N) is 6. The molecule has 16 rings (SSSR count). The molecule has 3 atom stereocenters. The average Bonchev–Trinajstić information content (AvgIpc) is 1.63. The Morgan fingerprint density at radius 1 is 0.569 bits per heavy atom. The van der Waals surface area contributed by atoms with Gasteiger partial charge < -0.3 is 50.8 Å². The van der Waals surface area contributed by atoms with Crippen molar-refractivity contribution in [3.05, 3.63) is 322 Å². The van der Waals surface area contributed by atoms with Gasteiger partial charge in [0.15, 0.2) is 6.29 Å². The first-order valence-corrected chi connectivity index (χ1v) is 35.0. The number of methoxy groups -OCH3 is 2. The van der Waals surface area contributed by atoms with Gasteiger partial charge in [0, 0.05) is 104 Å². The number of hydrogen-bond donors (Lipinski definition) is 6. The molecule has 3 aliphatic heterocycles. The molecule has 0 spiro atoms. The van der Waals surface area contributed by atoms with Gasteiger partial charge in [-0.3, -0.25) is 14.4 Å². The van der Waals surface area contributed by atoms with E-state index in [1.54, 1.807) is 60.7 Å². The molecule has 1 saturated heterocycles. The Kier molecular flexibility index (Phi) is 30.0. The van der Waals surface area contributed by atoms with Gasteiger partial charge in [0.1, 0.15) is 0 Å². The molecule has 3 radical (unpaired) electrons. The molecule has 543 valence electrons. The fourth-order valence-electron chi connectivity index (χ4n) is 13.2. The minimum absolute atomic E-state index is 0. The van der Waals surface area contributed by atoms with Gasteiger partial charge in [-0.25, -0.2) is 4.79 Å². The summed E-state index contributed by atoms with van der Waals surface area (Å²) in [5, 5.41) is 37.8. The van der Waals surface area contributed by atoms with Crippen LogP contribution in [0.4, 0.5) is 0 Å². The summed E-state index contributed by atoms with van der Waals surface area (Å²) in [6, 6.07) is 78.1. The summed E-state index contributed by atoms with van der Waals surface area (Å²) in [5.74, 6) is -0.193. The molecule has 109 heavy (non-hydrogen) atoms. The van der Waals surface area contributed by atoms with Crippen LogP contribution in [-0.2, 0) is 46.3 Å². The van der Waals surface area contributed by atoms with Gasteiger partial charge in [-0.15, -0.1) is 0 Å². The van der Waals surface area contributed by atoms with Crippen molar-refractivity contribution in [1.29, 1.82) is 15.8 Å². The Morgan fingerprint density at radius 3 is 1.59 bits per heavy atom. The summed E-state index contributed by atoms with van der Waals surface area (Å²) in [4.78, 5) is 57.8. The quantitative estimate of drug-likeness (QED) is 0.0323. The molecule has 0 bridgehead atoms. The monoisotopic (exact) mass is 1450 g/mol. The molecule has 3 unspecified atom stereocenters. The van der Waals surface area contributed by atoms with Crippen LogP contribution in [0, 0.1) is 34.0 Å². The second-order valence-corrected chi connectivity index (χ2v) is 26.7. The van der Waals surface area contributed by atoms with E-state index in [2.05, 4.69) is 184 Å². The number of aromatic amines is 4. The number of esters is 2. The summed E-state index contributed by atoms with van der Waals surface area (Å²) in [5.41, 5.74) is 17.6. The molecular weight excluding hydrogens is 1370 g/mol.